The number of nitrogens with one attached hydrogen (secondary N) is 3. The van der Waals surface area contributed by atoms with Gasteiger partial charge in [-0.25, -0.2) is 9.97 Å². The highest BCUT2D eigenvalue weighted by atomic mass is 35.5. The fraction of sp³-hybridized carbons (Fsp3) is 0.0556. The molecule has 12 heteroatoms. The summed E-state index contributed by atoms with van der Waals surface area (Å²) >= 11 is 5.86. The third-order valence-electron chi connectivity index (χ3n) is 3.62. The third kappa shape index (κ3) is 5.64. The van der Waals surface area contributed by atoms with Crippen LogP contribution in [-0.2, 0) is 0 Å². The molecule has 0 aliphatic rings. The molecule has 0 fully saturated rings. The number of halogens is 4. The number of hydrazine groups is 1. The first-order chi connectivity index (χ1) is 14.2. The van der Waals surface area contributed by atoms with Crippen LogP contribution in [0.2, 0.25) is 5.02 Å². The number of aromatic nitrogens is 2. The van der Waals surface area contributed by atoms with Gasteiger partial charge >= 0.3 is 6.36 Å². The first-order valence-electron chi connectivity index (χ1n) is 8.26. The van der Waals surface area contributed by atoms with Crippen LogP contribution in [0.1, 0.15) is 10.4 Å². The molecule has 0 unspecified atom stereocenters. The Morgan fingerprint density at radius 2 is 1.77 bits per heavy atom. The number of carbonyl (C=O) groups excluding carboxylic acids is 1. The van der Waals surface area contributed by atoms with Gasteiger partial charge in [-0.3, -0.25) is 15.6 Å². The molecule has 1 aromatic heterocycles. The van der Waals surface area contributed by atoms with Gasteiger partial charge in [-0.05, 0) is 42.5 Å². The maximum atomic E-state index is 12.2. The molecule has 8 nitrogen and oxygen atoms in total. The molecule has 0 radical (unpaired) electrons. The lowest BCUT2D eigenvalue weighted by Crippen LogP contribution is -2.30. The Balaban J connectivity index is 1.67. The van der Waals surface area contributed by atoms with Crippen molar-refractivity contribution < 1.29 is 22.7 Å². The Hall–Kier alpha value is -3.73. The van der Waals surface area contributed by atoms with Crippen LogP contribution >= 0.6 is 11.6 Å². The monoisotopic (exact) mass is 438 g/mol. The maximum Gasteiger partial charge on any atom is 0.573 e. The number of hydrogen-bond acceptors (Lipinski definition) is 7. The molecule has 3 aromatic rings. The number of anilines is 4. The van der Waals surface area contributed by atoms with E-state index < -0.39 is 12.3 Å². The van der Waals surface area contributed by atoms with E-state index in [2.05, 4.69) is 30.9 Å². The summed E-state index contributed by atoms with van der Waals surface area (Å²) in [6, 6.07) is 11.3. The van der Waals surface area contributed by atoms with Crippen molar-refractivity contribution in [1.82, 2.24) is 15.4 Å². The van der Waals surface area contributed by atoms with E-state index in [-0.39, 0.29) is 23.1 Å². The highest BCUT2D eigenvalue weighted by Crippen LogP contribution is 2.28. The minimum atomic E-state index is -4.78. The van der Waals surface area contributed by atoms with Gasteiger partial charge in [0, 0.05) is 16.3 Å². The van der Waals surface area contributed by atoms with Gasteiger partial charge in [0.05, 0.1) is 0 Å². The molecule has 0 saturated heterocycles. The number of carbonyl (C=O) groups is 1. The van der Waals surface area contributed by atoms with Crippen LogP contribution < -0.4 is 26.6 Å². The first-order valence-corrected chi connectivity index (χ1v) is 8.64. The van der Waals surface area contributed by atoms with Crippen LogP contribution in [0.15, 0.2) is 54.9 Å². The largest absolute Gasteiger partial charge is 0.573 e. The van der Waals surface area contributed by atoms with E-state index in [1.54, 1.807) is 18.2 Å². The highest BCUT2D eigenvalue weighted by molar-refractivity contribution is 6.30. The Kier molecular flexibility index (Phi) is 6.11. The molecule has 5 N–H and O–H groups in total. The number of ether oxygens (including phenoxy) is 1. The standard InChI is InChI=1S/C18H14ClF3N6O2/c19-11-3-1-2-10(8-11)17(29)28-27-16-14(23)15(24-9-25-16)26-12-4-6-13(7-5-12)30-18(20,21)22/h1-9H,23H2,(H,28,29)(H2,24,25,26,27). The Morgan fingerprint density at radius 1 is 1.07 bits per heavy atom. The molecule has 1 amide bonds. The Morgan fingerprint density at radius 3 is 2.43 bits per heavy atom. The summed E-state index contributed by atoms with van der Waals surface area (Å²) in [6.07, 6.45) is -3.59. The van der Waals surface area contributed by atoms with Gasteiger partial charge in [0.1, 0.15) is 17.8 Å². The highest BCUT2D eigenvalue weighted by Gasteiger charge is 2.30. The normalized spacial score (nSPS) is 10.9. The molecule has 0 atom stereocenters. The molecule has 30 heavy (non-hydrogen) atoms. The summed E-state index contributed by atoms with van der Waals surface area (Å²) in [5.41, 5.74) is 11.8. The van der Waals surface area contributed by atoms with Crippen molar-refractivity contribution in [1.29, 1.82) is 0 Å². The average Bonchev–Trinajstić information content (AvgIpc) is 2.69. The zero-order valence-electron chi connectivity index (χ0n) is 15.0. The van der Waals surface area contributed by atoms with E-state index in [9.17, 15) is 18.0 Å². The molecule has 0 aliphatic heterocycles. The molecular weight excluding hydrogens is 425 g/mol. The number of rotatable bonds is 6. The van der Waals surface area contributed by atoms with Gasteiger partial charge < -0.3 is 15.8 Å². The van der Waals surface area contributed by atoms with Crippen molar-refractivity contribution in [3.8, 4) is 5.75 Å². The maximum absolute atomic E-state index is 12.2. The van der Waals surface area contributed by atoms with E-state index in [4.69, 9.17) is 17.3 Å². The topological polar surface area (TPSA) is 114 Å². The second-order valence-electron chi connectivity index (χ2n) is 5.77. The van der Waals surface area contributed by atoms with Gasteiger partial charge in [-0.1, -0.05) is 17.7 Å². The Bertz CT molecular complexity index is 1050. The second-order valence-corrected chi connectivity index (χ2v) is 6.21. The van der Waals surface area contributed by atoms with Crippen molar-refractivity contribution in [2.45, 2.75) is 6.36 Å². The summed E-state index contributed by atoms with van der Waals surface area (Å²) in [6.45, 7) is 0. The van der Waals surface area contributed by atoms with E-state index in [0.717, 1.165) is 12.1 Å². The van der Waals surface area contributed by atoms with Crippen molar-refractivity contribution in [2.75, 3.05) is 16.5 Å². The lowest BCUT2D eigenvalue weighted by atomic mass is 10.2. The molecule has 0 spiro atoms. The van der Waals surface area contributed by atoms with Crippen LogP contribution in [0.5, 0.6) is 5.75 Å². The van der Waals surface area contributed by atoms with Crippen LogP contribution in [0, 0.1) is 0 Å². The summed E-state index contributed by atoms with van der Waals surface area (Å²) in [5, 5.41) is 3.25. The van der Waals surface area contributed by atoms with Gasteiger partial charge in [-0.15, -0.1) is 13.2 Å². The van der Waals surface area contributed by atoms with Crippen LogP contribution in [0.25, 0.3) is 0 Å². The van der Waals surface area contributed by atoms with Gasteiger partial charge in [0.15, 0.2) is 11.6 Å². The number of nitrogen functional groups attached to an aromatic ring is 1. The van der Waals surface area contributed by atoms with Crippen molar-refractivity contribution in [3.63, 3.8) is 0 Å². The van der Waals surface area contributed by atoms with Crippen LogP contribution in [-0.4, -0.2) is 22.2 Å². The van der Waals surface area contributed by atoms with Crippen molar-refractivity contribution >= 4 is 40.5 Å². The van der Waals surface area contributed by atoms with E-state index >= 15 is 0 Å². The summed E-state index contributed by atoms with van der Waals surface area (Å²) < 4.78 is 40.5. The van der Waals surface area contributed by atoms with E-state index in [1.807, 2.05) is 0 Å². The molecule has 2 aromatic carbocycles. The second kappa shape index (κ2) is 8.74. The predicted molar refractivity (Wildman–Crippen MR) is 105 cm³/mol. The molecule has 1 heterocycles. The molecule has 0 saturated carbocycles. The minimum absolute atomic E-state index is 0.0690. The van der Waals surface area contributed by atoms with Crippen LogP contribution in [0.4, 0.5) is 36.2 Å². The molecular formula is C18H14ClF3N6O2. The van der Waals surface area contributed by atoms with Gasteiger partial charge in [0.25, 0.3) is 5.91 Å². The summed E-state index contributed by atoms with van der Waals surface area (Å²) in [4.78, 5) is 20.1. The number of benzene rings is 2. The molecule has 0 bridgehead atoms. The zero-order valence-corrected chi connectivity index (χ0v) is 15.8. The number of nitrogens with zero attached hydrogens (tertiary/aromatic N) is 2. The van der Waals surface area contributed by atoms with Crippen molar-refractivity contribution in [3.05, 3.63) is 65.4 Å². The number of amides is 1. The fourth-order valence-electron chi connectivity index (χ4n) is 2.29. The number of hydrogen-bond donors (Lipinski definition) is 4. The van der Waals surface area contributed by atoms with Crippen LogP contribution in [0.3, 0.4) is 0 Å². The van der Waals surface area contributed by atoms with Gasteiger partial charge in [0.2, 0.25) is 0 Å². The van der Waals surface area contributed by atoms with Gasteiger partial charge in [-0.2, -0.15) is 0 Å². The fourth-order valence-corrected chi connectivity index (χ4v) is 2.48. The number of nitrogens with two attached hydrogens (primary N) is 1. The smallest absolute Gasteiger partial charge is 0.406 e. The summed E-state index contributed by atoms with van der Waals surface area (Å²) in [7, 11) is 0. The first kappa shape index (κ1) is 21.0. The minimum Gasteiger partial charge on any atom is -0.406 e. The number of alkyl halides is 3. The predicted octanol–water partition coefficient (Wildman–Crippen LogP) is 4.11. The molecule has 3 rings (SSSR count). The molecule has 0 aliphatic carbocycles. The quantitative estimate of drug-likeness (QED) is 0.428. The third-order valence-corrected chi connectivity index (χ3v) is 3.85. The lowest BCUT2D eigenvalue weighted by molar-refractivity contribution is -0.274. The average molecular weight is 439 g/mol. The SMILES string of the molecule is Nc1c(NNC(=O)c2cccc(Cl)c2)ncnc1Nc1ccc(OC(F)(F)F)cc1. The molecule has 156 valence electrons. The summed E-state index contributed by atoms with van der Waals surface area (Å²) in [5.74, 6) is -0.547. The zero-order chi connectivity index (χ0) is 21.7. The lowest BCUT2D eigenvalue weighted by Gasteiger charge is -2.14. The van der Waals surface area contributed by atoms with E-state index in [1.165, 1.54) is 24.5 Å². The Labute approximate surface area is 173 Å². The van der Waals surface area contributed by atoms with E-state index in [0.29, 0.717) is 16.3 Å². The van der Waals surface area contributed by atoms with Crippen molar-refractivity contribution in [2.24, 2.45) is 0 Å².